The van der Waals surface area contributed by atoms with Crippen molar-refractivity contribution in [3.8, 4) is 17.1 Å². The first kappa shape index (κ1) is 17.5. The molecular formula is C18H18FN5O2. The molecular weight excluding hydrogens is 337 g/mol. The number of pyridine rings is 2. The Labute approximate surface area is 149 Å². The van der Waals surface area contributed by atoms with E-state index in [0.717, 1.165) is 23.0 Å². The predicted molar refractivity (Wildman–Crippen MR) is 94.5 cm³/mol. The third-order valence-corrected chi connectivity index (χ3v) is 3.79. The highest BCUT2D eigenvalue weighted by molar-refractivity contribution is 6.03. The summed E-state index contributed by atoms with van der Waals surface area (Å²) >= 11 is 0. The van der Waals surface area contributed by atoms with E-state index in [0.29, 0.717) is 12.5 Å². The molecule has 134 valence electrons. The Hall–Kier alpha value is -3.29. The lowest BCUT2D eigenvalue weighted by atomic mass is 10.1. The second-order valence-corrected chi connectivity index (χ2v) is 5.62. The average molecular weight is 355 g/mol. The van der Waals surface area contributed by atoms with Crippen molar-refractivity contribution >= 4 is 11.6 Å². The Morgan fingerprint density at radius 3 is 2.85 bits per heavy atom. The van der Waals surface area contributed by atoms with Crippen LogP contribution in [0, 0.1) is 12.7 Å². The third-order valence-electron chi connectivity index (χ3n) is 3.79. The van der Waals surface area contributed by atoms with Gasteiger partial charge in [0.15, 0.2) is 11.5 Å². The van der Waals surface area contributed by atoms with Gasteiger partial charge in [0, 0.05) is 31.1 Å². The van der Waals surface area contributed by atoms with Crippen LogP contribution in [0.15, 0.2) is 36.8 Å². The maximum absolute atomic E-state index is 13.6. The first-order chi connectivity index (χ1) is 12.5. The van der Waals surface area contributed by atoms with E-state index in [9.17, 15) is 9.18 Å². The van der Waals surface area contributed by atoms with E-state index in [1.54, 1.807) is 24.0 Å². The number of carbonyl (C=O) groups is 1. The van der Waals surface area contributed by atoms with Crippen molar-refractivity contribution in [2.45, 2.75) is 13.8 Å². The van der Waals surface area contributed by atoms with Gasteiger partial charge in [-0.15, -0.1) is 0 Å². The molecule has 0 fully saturated rings. The van der Waals surface area contributed by atoms with Gasteiger partial charge in [0.25, 0.3) is 5.91 Å². The molecule has 0 unspecified atom stereocenters. The summed E-state index contributed by atoms with van der Waals surface area (Å²) in [6.45, 7) is 4.36. The lowest BCUT2D eigenvalue weighted by molar-refractivity contribution is 0.102. The van der Waals surface area contributed by atoms with E-state index in [1.165, 1.54) is 12.3 Å². The van der Waals surface area contributed by atoms with Crippen molar-refractivity contribution in [3.05, 3.63) is 53.9 Å². The van der Waals surface area contributed by atoms with Crippen LogP contribution in [0.5, 0.6) is 5.88 Å². The minimum atomic E-state index is -0.608. The molecule has 3 aromatic heterocycles. The van der Waals surface area contributed by atoms with Crippen LogP contribution >= 0.6 is 0 Å². The minimum Gasteiger partial charge on any atom is -0.478 e. The Bertz CT molecular complexity index is 955. The molecule has 7 nitrogen and oxygen atoms in total. The fourth-order valence-electron chi connectivity index (χ4n) is 2.52. The smallest absolute Gasteiger partial charge is 0.276 e. The van der Waals surface area contributed by atoms with Gasteiger partial charge in [0.1, 0.15) is 0 Å². The molecule has 0 aromatic carbocycles. The number of halogens is 1. The van der Waals surface area contributed by atoms with Gasteiger partial charge in [0.05, 0.1) is 24.2 Å². The van der Waals surface area contributed by atoms with E-state index in [-0.39, 0.29) is 11.4 Å². The van der Waals surface area contributed by atoms with Crippen LogP contribution in [0.25, 0.3) is 11.3 Å². The van der Waals surface area contributed by atoms with Crippen LogP contribution in [0.2, 0.25) is 0 Å². The number of nitrogens with zero attached hydrogens (tertiary/aromatic N) is 4. The zero-order valence-corrected chi connectivity index (χ0v) is 14.7. The van der Waals surface area contributed by atoms with Crippen LogP contribution in [-0.2, 0) is 7.05 Å². The van der Waals surface area contributed by atoms with Crippen LogP contribution in [0.3, 0.4) is 0 Å². The molecule has 0 saturated carbocycles. The zero-order chi connectivity index (χ0) is 18.7. The molecule has 8 heteroatoms. The molecule has 0 aliphatic heterocycles. The van der Waals surface area contributed by atoms with Gasteiger partial charge in [-0.3, -0.25) is 14.5 Å². The zero-order valence-electron chi connectivity index (χ0n) is 14.7. The Kier molecular flexibility index (Phi) is 4.92. The van der Waals surface area contributed by atoms with Crippen molar-refractivity contribution in [2.24, 2.45) is 7.05 Å². The SMILES string of the molecule is CCOc1cc(C)c(-c2cc(C(=O)Nc3ccncc3F)nn2C)cn1. The molecule has 1 amide bonds. The van der Waals surface area contributed by atoms with E-state index in [1.807, 2.05) is 19.9 Å². The van der Waals surface area contributed by atoms with E-state index < -0.39 is 11.7 Å². The highest BCUT2D eigenvalue weighted by Crippen LogP contribution is 2.26. The summed E-state index contributed by atoms with van der Waals surface area (Å²) in [5.74, 6) is -0.570. The van der Waals surface area contributed by atoms with E-state index >= 15 is 0 Å². The van der Waals surface area contributed by atoms with Gasteiger partial charge in [-0.25, -0.2) is 9.37 Å². The number of hydrogen-bond acceptors (Lipinski definition) is 5. The summed E-state index contributed by atoms with van der Waals surface area (Å²) in [4.78, 5) is 20.3. The van der Waals surface area contributed by atoms with Crippen LogP contribution in [-0.4, -0.2) is 32.3 Å². The molecule has 0 radical (unpaired) electrons. The molecule has 0 aliphatic rings. The Balaban J connectivity index is 1.87. The number of aromatic nitrogens is 4. The molecule has 0 bridgehead atoms. The number of nitrogens with one attached hydrogen (secondary N) is 1. The maximum Gasteiger partial charge on any atom is 0.276 e. The van der Waals surface area contributed by atoms with Crippen molar-refractivity contribution in [1.82, 2.24) is 19.7 Å². The van der Waals surface area contributed by atoms with E-state index in [2.05, 4.69) is 20.4 Å². The van der Waals surface area contributed by atoms with Crippen molar-refractivity contribution in [1.29, 1.82) is 0 Å². The predicted octanol–water partition coefficient (Wildman–Crippen LogP) is 2.98. The molecule has 3 aromatic rings. The molecule has 3 rings (SSSR count). The summed E-state index contributed by atoms with van der Waals surface area (Å²) in [6.07, 6.45) is 4.12. The van der Waals surface area contributed by atoms with Crippen LogP contribution < -0.4 is 10.1 Å². The van der Waals surface area contributed by atoms with Gasteiger partial charge in [-0.05, 0) is 31.5 Å². The van der Waals surface area contributed by atoms with Gasteiger partial charge in [0.2, 0.25) is 5.88 Å². The first-order valence-corrected chi connectivity index (χ1v) is 8.04. The molecule has 0 atom stereocenters. The fraction of sp³-hybridized carbons (Fsp3) is 0.222. The molecule has 0 spiro atoms. The number of carbonyl (C=O) groups excluding carboxylic acids is 1. The lowest BCUT2D eigenvalue weighted by Crippen LogP contribution is -2.14. The highest BCUT2D eigenvalue weighted by Gasteiger charge is 2.17. The summed E-state index contributed by atoms with van der Waals surface area (Å²) < 4.78 is 20.6. The number of anilines is 1. The lowest BCUT2D eigenvalue weighted by Gasteiger charge is -2.08. The number of ether oxygens (including phenoxy) is 1. The highest BCUT2D eigenvalue weighted by atomic mass is 19.1. The molecule has 0 saturated heterocycles. The second kappa shape index (κ2) is 7.30. The quantitative estimate of drug-likeness (QED) is 0.761. The van der Waals surface area contributed by atoms with Gasteiger partial charge in [-0.1, -0.05) is 0 Å². The molecule has 1 N–H and O–H groups in total. The summed E-state index contributed by atoms with van der Waals surface area (Å²) in [5.41, 5.74) is 2.72. The fourth-order valence-corrected chi connectivity index (χ4v) is 2.52. The number of aryl methyl sites for hydroxylation is 2. The average Bonchev–Trinajstić information content (AvgIpc) is 2.99. The minimum absolute atomic E-state index is 0.0520. The van der Waals surface area contributed by atoms with Crippen LogP contribution in [0.4, 0.5) is 10.1 Å². The molecule has 3 heterocycles. The van der Waals surface area contributed by atoms with Gasteiger partial charge in [-0.2, -0.15) is 5.10 Å². The largest absolute Gasteiger partial charge is 0.478 e. The monoisotopic (exact) mass is 355 g/mol. The normalized spacial score (nSPS) is 10.6. The molecule has 0 aliphatic carbocycles. The molecule has 26 heavy (non-hydrogen) atoms. The summed E-state index contributed by atoms with van der Waals surface area (Å²) in [6, 6.07) is 4.86. The number of rotatable bonds is 5. The third kappa shape index (κ3) is 3.53. The number of amides is 1. The van der Waals surface area contributed by atoms with Gasteiger partial charge < -0.3 is 10.1 Å². The number of hydrogen-bond donors (Lipinski definition) is 1. The topological polar surface area (TPSA) is 81.9 Å². The Morgan fingerprint density at radius 1 is 1.35 bits per heavy atom. The first-order valence-electron chi connectivity index (χ1n) is 8.04. The standard InChI is InChI=1S/C18H18FN5O2/c1-4-26-17-7-11(2)12(9-21-17)16-8-15(23-24(16)3)18(25)22-14-5-6-20-10-13(14)19/h5-10H,4H2,1-3H3,(H,20,22,25). The summed E-state index contributed by atoms with van der Waals surface area (Å²) in [7, 11) is 1.73. The van der Waals surface area contributed by atoms with Crippen LogP contribution in [0.1, 0.15) is 23.0 Å². The van der Waals surface area contributed by atoms with Crippen molar-refractivity contribution < 1.29 is 13.9 Å². The summed E-state index contributed by atoms with van der Waals surface area (Å²) in [5, 5.41) is 6.71. The van der Waals surface area contributed by atoms with Crippen molar-refractivity contribution in [2.75, 3.05) is 11.9 Å². The second-order valence-electron chi connectivity index (χ2n) is 5.62. The van der Waals surface area contributed by atoms with Gasteiger partial charge >= 0.3 is 0 Å². The Morgan fingerprint density at radius 2 is 2.15 bits per heavy atom. The maximum atomic E-state index is 13.6. The van der Waals surface area contributed by atoms with Crippen molar-refractivity contribution in [3.63, 3.8) is 0 Å². The van der Waals surface area contributed by atoms with E-state index in [4.69, 9.17) is 4.74 Å².